The van der Waals surface area contributed by atoms with Gasteiger partial charge in [0.05, 0.1) is 18.8 Å². The lowest BCUT2D eigenvalue weighted by Crippen LogP contribution is -2.13. The number of hydrogen-bond acceptors (Lipinski definition) is 4. The van der Waals surface area contributed by atoms with E-state index < -0.39 is 23.7 Å². The van der Waals surface area contributed by atoms with E-state index in [9.17, 15) is 22.8 Å². The molecular weight excluding hydrogens is 393 g/mol. The predicted molar refractivity (Wildman–Crippen MR) is 84.2 cm³/mol. The average molecular weight is 409 g/mol. The van der Waals surface area contributed by atoms with Crippen LogP contribution >= 0.6 is 15.9 Å². The zero-order valence-electron chi connectivity index (χ0n) is 13.1. The number of carbonyl (C=O) groups is 2. The molecule has 132 valence electrons. The molecule has 0 heterocycles. The minimum absolute atomic E-state index is 0.00393. The second kappa shape index (κ2) is 8.86. The third-order valence-electron chi connectivity index (χ3n) is 2.88. The maximum absolute atomic E-state index is 12.7. The van der Waals surface area contributed by atoms with Gasteiger partial charge < -0.3 is 9.47 Å². The van der Waals surface area contributed by atoms with Gasteiger partial charge in [-0.15, -0.1) is 0 Å². The Labute approximate surface area is 145 Å². The number of ether oxygens (including phenoxy) is 2. The first-order chi connectivity index (χ1) is 11.2. The van der Waals surface area contributed by atoms with Crippen LogP contribution in [-0.4, -0.2) is 25.2 Å². The second-order valence-corrected chi connectivity index (χ2v) is 5.48. The molecule has 0 atom stereocenters. The Bertz CT molecular complexity index is 639. The minimum Gasteiger partial charge on any atom is -0.463 e. The third kappa shape index (κ3) is 5.99. The zero-order valence-corrected chi connectivity index (χ0v) is 14.7. The van der Waals surface area contributed by atoms with Crippen LogP contribution in [0.15, 0.2) is 34.3 Å². The predicted octanol–water partition coefficient (Wildman–Crippen LogP) is 4.06. The summed E-state index contributed by atoms with van der Waals surface area (Å²) in [6.07, 6.45) is -3.55. The molecule has 0 bridgehead atoms. The smallest absolute Gasteiger partial charge is 0.416 e. The normalized spacial score (nSPS) is 12.0. The van der Waals surface area contributed by atoms with E-state index in [1.807, 2.05) is 0 Å². The highest BCUT2D eigenvalue weighted by molar-refractivity contribution is 9.10. The number of esters is 2. The van der Waals surface area contributed by atoms with Crippen LogP contribution in [0.1, 0.15) is 25.0 Å². The van der Waals surface area contributed by atoms with Crippen molar-refractivity contribution in [2.45, 2.75) is 26.4 Å². The molecule has 0 radical (unpaired) electrons. The molecule has 0 aromatic heterocycles. The van der Waals surface area contributed by atoms with E-state index in [1.54, 1.807) is 13.8 Å². The Morgan fingerprint density at radius 2 is 1.79 bits per heavy atom. The van der Waals surface area contributed by atoms with Crippen LogP contribution in [0.4, 0.5) is 13.2 Å². The highest BCUT2D eigenvalue weighted by atomic mass is 79.9. The lowest BCUT2D eigenvalue weighted by Gasteiger charge is -2.12. The molecule has 4 nitrogen and oxygen atoms in total. The quantitative estimate of drug-likeness (QED) is 0.525. The molecule has 0 aliphatic carbocycles. The van der Waals surface area contributed by atoms with Crippen LogP contribution < -0.4 is 0 Å². The van der Waals surface area contributed by atoms with E-state index in [0.29, 0.717) is 5.56 Å². The van der Waals surface area contributed by atoms with Crippen molar-refractivity contribution in [2.24, 2.45) is 0 Å². The van der Waals surface area contributed by atoms with Crippen LogP contribution in [0.25, 0.3) is 0 Å². The van der Waals surface area contributed by atoms with Crippen molar-refractivity contribution in [3.63, 3.8) is 0 Å². The van der Waals surface area contributed by atoms with Gasteiger partial charge in [-0.05, 0) is 31.5 Å². The Hall–Kier alpha value is -1.83. The SMILES string of the molecule is CCOC(=O)/C=C(/Cc1ccc(C(F)(F)F)cc1Br)C(=O)OCC. The average Bonchev–Trinajstić information content (AvgIpc) is 2.47. The molecule has 0 saturated heterocycles. The van der Waals surface area contributed by atoms with Crippen LogP contribution in [-0.2, 0) is 31.7 Å². The molecule has 1 rings (SSSR count). The molecule has 1 aromatic carbocycles. The summed E-state index contributed by atoms with van der Waals surface area (Å²) in [7, 11) is 0. The summed E-state index contributed by atoms with van der Waals surface area (Å²) in [4.78, 5) is 23.5. The van der Waals surface area contributed by atoms with Crippen molar-refractivity contribution in [1.82, 2.24) is 0 Å². The first kappa shape index (κ1) is 20.2. The summed E-state index contributed by atoms with van der Waals surface area (Å²) in [5.74, 6) is -1.44. The maximum atomic E-state index is 12.7. The standard InChI is InChI=1S/C16H16BrF3O4/c1-3-23-14(21)8-11(15(22)24-4-2)7-10-5-6-12(9-13(10)17)16(18,19)20/h5-6,8-9H,3-4,7H2,1-2H3/b11-8-. The monoisotopic (exact) mass is 408 g/mol. The van der Waals surface area contributed by atoms with Gasteiger partial charge >= 0.3 is 18.1 Å². The topological polar surface area (TPSA) is 52.6 Å². The first-order valence-corrected chi connectivity index (χ1v) is 7.88. The van der Waals surface area contributed by atoms with Gasteiger partial charge in [0.15, 0.2) is 0 Å². The molecule has 0 aliphatic heterocycles. The van der Waals surface area contributed by atoms with E-state index in [4.69, 9.17) is 9.47 Å². The van der Waals surface area contributed by atoms with Crippen LogP contribution in [0.3, 0.4) is 0 Å². The second-order valence-electron chi connectivity index (χ2n) is 4.62. The lowest BCUT2D eigenvalue weighted by atomic mass is 10.0. The van der Waals surface area contributed by atoms with Gasteiger partial charge in [0.25, 0.3) is 0 Å². The molecule has 0 fully saturated rings. The molecule has 0 saturated carbocycles. The van der Waals surface area contributed by atoms with Gasteiger partial charge in [0.1, 0.15) is 0 Å². The van der Waals surface area contributed by atoms with Crippen molar-refractivity contribution < 1.29 is 32.2 Å². The molecule has 0 unspecified atom stereocenters. The van der Waals surface area contributed by atoms with Crippen molar-refractivity contribution in [3.05, 3.63) is 45.4 Å². The minimum atomic E-state index is -4.47. The first-order valence-electron chi connectivity index (χ1n) is 7.09. The molecule has 0 aliphatic rings. The fourth-order valence-corrected chi connectivity index (χ4v) is 2.32. The fourth-order valence-electron chi connectivity index (χ4n) is 1.80. The largest absolute Gasteiger partial charge is 0.463 e. The van der Waals surface area contributed by atoms with E-state index >= 15 is 0 Å². The fraction of sp³-hybridized carbons (Fsp3) is 0.375. The number of rotatable bonds is 6. The van der Waals surface area contributed by atoms with Crippen molar-refractivity contribution in [3.8, 4) is 0 Å². The summed E-state index contributed by atoms with van der Waals surface area (Å²) in [5.41, 5.74) is -0.410. The van der Waals surface area contributed by atoms with Gasteiger partial charge in [-0.3, -0.25) is 0 Å². The molecule has 0 spiro atoms. The van der Waals surface area contributed by atoms with Gasteiger partial charge in [0.2, 0.25) is 0 Å². The number of carbonyl (C=O) groups excluding carboxylic acids is 2. The Kier molecular flexibility index (Phi) is 7.47. The molecule has 8 heteroatoms. The third-order valence-corrected chi connectivity index (χ3v) is 3.62. The van der Waals surface area contributed by atoms with Crippen LogP contribution in [0.5, 0.6) is 0 Å². The summed E-state index contributed by atoms with van der Waals surface area (Å²) in [6, 6.07) is 3.07. The zero-order chi connectivity index (χ0) is 18.3. The number of benzene rings is 1. The van der Waals surface area contributed by atoms with Crippen LogP contribution in [0, 0.1) is 0 Å². The number of hydrogen-bond donors (Lipinski definition) is 0. The molecule has 1 aromatic rings. The number of alkyl halides is 3. The summed E-state index contributed by atoms with van der Waals surface area (Å²) < 4.78 is 47.8. The summed E-state index contributed by atoms with van der Waals surface area (Å²) >= 11 is 3.06. The highest BCUT2D eigenvalue weighted by Gasteiger charge is 2.31. The van der Waals surface area contributed by atoms with E-state index in [0.717, 1.165) is 18.2 Å². The Morgan fingerprint density at radius 1 is 1.17 bits per heavy atom. The maximum Gasteiger partial charge on any atom is 0.416 e. The van der Waals surface area contributed by atoms with Gasteiger partial charge in [-0.2, -0.15) is 13.2 Å². The Morgan fingerprint density at radius 3 is 2.29 bits per heavy atom. The van der Waals surface area contributed by atoms with Crippen molar-refractivity contribution in [2.75, 3.05) is 13.2 Å². The molecule has 0 N–H and O–H groups in total. The molecular formula is C16H16BrF3O4. The van der Waals surface area contributed by atoms with Gasteiger partial charge in [-0.1, -0.05) is 22.0 Å². The van der Waals surface area contributed by atoms with Crippen molar-refractivity contribution >= 4 is 27.9 Å². The summed E-state index contributed by atoms with van der Waals surface area (Å²) in [6.45, 7) is 3.46. The van der Waals surface area contributed by atoms with E-state index in [2.05, 4.69) is 15.9 Å². The van der Waals surface area contributed by atoms with E-state index in [-0.39, 0.29) is 29.7 Å². The van der Waals surface area contributed by atoms with Crippen LogP contribution in [0.2, 0.25) is 0 Å². The summed E-state index contributed by atoms with van der Waals surface area (Å²) in [5, 5.41) is 0. The van der Waals surface area contributed by atoms with E-state index in [1.165, 1.54) is 6.07 Å². The number of halogens is 4. The molecule has 0 amide bonds. The van der Waals surface area contributed by atoms with Gasteiger partial charge in [0, 0.05) is 22.5 Å². The van der Waals surface area contributed by atoms with Crippen molar-refractivity contribution in [1.29, 1.82) is 0 Å². The van der Waals surface area contributed by atoms with Gasteiger partial charge in [-0.25, -0.2) is 9.59 Å². The highest BCUT2D eigenvalue weighted by Crippen LogP contribution is 2.32. The lowest BCUT2D eigenvalue weighted by molar-refractivity contribution is -0.141. The Balaban J connectivity index is 3.10. The molecule has 24 heavy (non-hydrogen) atoms.